The summed E-state index contributed by atoms with van der Waals surface area (Å²) in [5, 5.41) is 13.7. The summed E-state index contributed by atoms with van der Waals surface area (Å²) in [5.41, 5.74) is 0.867. The van der Waals surface area contributed by atoms with E-state index in [1.54, 1.807) is 20.3 Å². The minimum atomic E-state index is 0. The van der Waals surface area contributed by atoms with Gasteiger partial charge in [-0.15, -0.1) is 0 Å². The molecule has 7 nitrogen and oxygen atoms in total. The van der Waals surface area contributed by atoms with Crippen molar-refractivity contribution < 1.29 is 50.2 Å². The van der Waals surface area contributed by atoms with Crippen LogP contribution in [0.2, 0.25) is 0 Å². The molecule has 5 rings (SSSR count). The number of ether oxygens (including phenoxy) is 5. The maximum absolute atomic E-state index is 10.5. The molecule has 1 aliphatic rings. The van der Waals surface area contributed by atoms with Crippen LogP contribution < -0.4 is 45.1 Å². The second-order valence-electron chi connectivity index (χ2n) is 6.45. The summed E-state index contributed by atoms with van der Waals surface area (Å²) >= 11 is 0. The van der Waals surface area contributed by atoms with E-state index in [2.05, 4.69) is 0 Å². The quantitative estimate of drug-likeness (QED) is 0.268. The monoisotopic (exact) mass is 459 g/mol. The van der Waals surface area contributed by atoms with Crippen molar-refractivity contribution in [1.29, 1.82) is 0 Å². The normalized spacial score (nSPS) is 12.2. The van der Waals surface area contributed by atoms with Crippen molar-refractivity contribution >= 4 is 27.1 Å². The van der Waals surface area contributed by atoms with Gasteiger partial charge in [0.05, 0.1) is 26.7 Å². The fraction of sp³-hybridized carbons (Fsp3) is 0.190. The van der Waals surface area contributed by atoms with Crippen molar-refractivity contribution in [3.63, 3.8) is 0 Å². The maximum Gasteiger partial charge on any atom is 0.231 e. The minimum Gasteiger partial charge on any atom is -1.00 e. The number of nitrogens with zero attached hydrogens (tertiary/aromatic N) is 1. The van der Waals surface area contributed by atoms with E-state index in [4.69, 9.17) is 23.7 Å². The third kappa shape index (κ3) is 2.66. The molecule has 0 radical (unpaired) electrons. The fourth-order valence-corrected chi connectivity index (χ4v) is 3.83. The van der Waals surface area contributed by atoms with Gasteiger partial charge in [-0.25, -0.2) is 0 Å². The van der Waals surface area contributed by atoms with Crippen LogP contribution in [-0.2, 0) is 0 Å². The van der Waals surface area contributed by atoms with E-state index < -0.39 is 0 Å². The summed E-state index contributed by atoms with van der Waals surface area (Å²) in [6.45, 7) is 0.162. The molecule has 150 valence electrons. The Balaban J connectivity index is 0.00000205. The van der Waals surface area contributed by atoms with Gasteiger partial charge in [0.15, 0.2) is 35.4 Å². The smallest absolute Gasteiger partial charge is 0.231 e. The molecule has 0 unspecified atom stereocenters. The lowest BCUT2D eigenvalue weighted by Crippen LogP contribution is -3.00. The Morgan fingerprint density at radius 1 is 0.966 bits per heavy atom. The van der Waals surface area contributed by atoms with Gasteiger partial charge in [0.1, 0.15) is 11.1 Å². The van der Waals surface area contributed by atoms with E-state index in [9.17, 15) is 5.11 Å². The number of halogens is 1. The van der Waals surface area contributed by atoms with Gasteiger partial charge in [-0.2, -0.15) is 4.40 Å². The lowest BCUT2D eigenvalue weighted by molar-refractivity contribution is -0.509. The van der Waals surface area contributed by atoms with Gasteiger partial charge in [-0.3, -0.25) is 0 Å². The van der Waals surface area contributed by atoms with Crippen LogP contribution in [0.4, 0.5) is 0 Å². The topological polar surface area (TPSA) is 70.5 Å². The fourth-order valence-electron chi connectivity index (χ4n) is 3.83. The third-order valence-electron chi connectivity index (χ3n) is 5.08. The lowest BCUT2D eigenvalue weighted by Gasteiger charge is -2.12. The van der Waals surface area contributed by atoms with Crippen molar-refractivity contribution in [1.82, 2.24) is 0 Å². The van der Waals surface area contributed by atoms with Crippen molar-refractivity contribution in [2.24, 2.45) is 0 Å². The predicted octanol–water partition coefficient (Wildman–Crippen LogP) is 0.196. The molecule has 29 heavy (non-hydrogen) atoms. The Morgan fingerprint density at radius 3 is 2.48 bits per heavy atom. The first kappa shape index (κ1) is 19.2. The number of pyridine rings is 2. The number of aromatic hydroxyl groups is 1. The van der Waals surface area contributed by atoms with E-state index in [0.717, 1.165) is 21.7 Å². The summed E-state index contributed by atoms with van der Waals surface area (Å²) in [7, 11) is 4.72. The summed E-state index contributed by atoms with van der Waals surface area (Å²) in [4.78, 5) is 0. The zero-order valence-electron chi connectivity index (χ0n) is 16.0. The van der Waals surface area contributed by atoms with Gasteiger partial charge in [-0.1, -0.05) is 0 Å². The standard InChI is InChI=1S/C21H17NO6.BrH/c1-24-16-8-15(23)13-9-22-5-4-11-6-17-20(28-10-27-17)21(26-3)18(11)14(22)7-12(13)19(16)25-2;/h4-9H,10H2,1-3H3;1H. The number of phenols is 1. The summed E-state index contributed by atoms with van der Waals surface area (Å²) in [6, 6.07) is 7.40. The molecule has 4 aromatic rings. The Hall–Kier alpha value is -3.13. The van der Waals surface area contributed by atoms with Crippen LogP contribution in [0.1, 0.15) is 0 Å². The molecular formula is C21H18BrNO6. The number of rotatable bonds is 3. The van der Waals surface area contributed by atoms with Crippen LogP contribution in [0.3, 0.4) is 0 Å². The van der Waals surface area contributed by atoms with E-state index in [1.165, 1.54) is 7.11 Å². The van der Waals surface area contributed by atoms with Crippen LogP contribution in [0.15, 0.2) is 36.7 Å². The molecule has 0 atom stereocenters. The zero-order valence-corrected chi connectivity index (χ0v) is 17.6. The largest absolute Gasteiger partial charge is 1.00 e. The molecule has 0 aliphatic carbocycles. The number of phenolic OH excluding ortho intramolecular Hbond substituents is 1. The SMILES string of the molecule is COc1cc(O)c2c[n+]3ccc4cc5c(c(OC)c4c3cc2c1OC)OCO5.[Br-]. The van der Waals surface area contributed by atoms with Gasteiger partial charge < -0.3 is 45.8 Å². The van der Waals surface area contributed by atoms with Crippen LogP contribution >= 0.6 is 0 Å². The molecule has 2 aromatic heterocycles. The van der Waals surface area contributed by atoms with Crippen molar-refractivity contribution in [2.75, 3.05) is 28.1 Å². The predicted molar refractivity (Wildman–Crippen MR) is 102 cm³/mol. The molecule has 0 saturated heterocycles. The van der Waals surface area contributed by atoms with E-state index in [0.29, 0.717) is 34.1 Å². The molecule has 0 fully saturated rings. The number of fused-ring (bicyclic) bond motifs is 5. The average molecular weight is 460 g/mol. The number of aromatic nitrogens is 1. The van der Waals surface area contributed by atoms with Crippen LogP contribution in [-0.4, -0.2) is 33.2 Å². The molecule has 0 amide bonds. The van der Waals surface area contributed by atoms with E-state index in [1.807, 2.05) is 35.0 Å². The van der Waals surface area contributed by atoms with Crippen molar-refractivity contribution in [3.05, 3.63) is 36.7 Å². The molecule has 1 N–H and O–H groups in total. The minimum absolute atomic E-state index is 0. The highest BCUT2D eigenvalue weighted by Gasteiger charge is 2.26. The van der Waals surface area contributed by atoms with E-state index >= 15 is 0 Å². The van der Waals surface area contributed by atoms with Crippen LogP contribution in [0, 0.1) is 0 Å². The van der Waals surface area contributed by atoms with E-state index in [-0.39, 0.29) is 29.5 Å². The number of benzene rings is 2. The highest BCUT2D eigenvalue weighted by atomic mass is 79.9. The Bertz CT molecular complexity index is 1270. The summed E-state index contributed by atoms with van der Waals surface area (Å²) in [6.07, 6.45) is 3.78. The highest BCUT2D eigenvalue weighted by Crippen LogP contribution is 2.48. The van der Waals surface area contributed by atoms with Crippen molar-refractivity contribution in [3.8, 4) is 34.5 Å². The molecule has 0 bridgehead atoms. The van der Waals surface area contributed by atoms with Crippen molar-refractivity contribution in [2.45, 2.75) is 0 Å². The summed E-state index contributed by atoms with van der Waals surface area (Å²) in [5.74, 6) is 2.97. The third-order valence-corrected chi connectivity index (χ3v) is 5.08. The number of hydrogen-bond donors (Lipinski definition) is 1. The van der Waals surface area contributed by atoms with Gasteiger partial charge in [0.2, 0.25) is 18.1 Å². The van der Waals surface area contributed by atoms with Gasteiger partial charge >= 0.3 is 0 Å². The molecular weight excluding hydrogens is 442 g/mol. The van der Waals surface area contributed by atoms with Crippen LogP contribution in [0.5, 0.6) is 34.5 Å². The van der Waals surface area contributed by atoms with Gasteiger partial charge in [0, 0.05) is 29.0 Å². The Kier molecular flexibility index (Phi) is 4.66. The first-order valence-corrected chi connectivity index (χ1v) is 8.68. The maximum atomic E-state index is 10.5. The second-order valence-corrected chi connectivity index (χ2v) is 6.45. The lowest BCUT2D eigenvalue weighted by atomic mass is 10.0. The van der Waals surface area contributed by atoms with Crippen LogP contribution in [0.25, 0.3) is 27.1 Å². The molecule has 2 aromatic carbocycles. The molecule has 8 heteroatoms. The first-order chi connectivity index (χ1) is 13.7. The first-order valence-electron chi connectivity index (χ1n) is 8.68. The molecule has 1 aliphatic heterocycles. The molecule has 0 spiro atoms. The number of hydrogen-bond acceptors (Lipinski definition) is 6. The Morgan fingerprint density at radius 2 is 1.76 bits per heavy atom. The second kappa shape index (κ2) is 7.04. The molecule has 3 heterocycles. The van der Waals surface area contributed by atoms with Gasteiger partial charge in [0.25, 0.3) is 0 Å². The zero-order chi connectivity index (χ0) is 19.4. The molecule has 0 saturated carbocycles. The summed E-state index contributed by atoms with van der Waals surface area (Å²) < 4.78 is 29.7. The highest BCUT2D eigenvalue weighted by molar-refractivity contribution is 6.05. The average Bonchev–Trinajstić information content (AvgIpc) is 3.19. The Labute approximate surface area is 176 Å². The van der Waals surface area contributed by atoms with Gasteiger partial charge in [-0.05, 0) is 6.07 Å². The number of methoxy groups -OCH3 is 3.